The molecule has 1 aliphatic carbocycles. The fourth-order valence-electron chi connectivity index (χ4n) is 6.86. The van der Waals surface area contributed by atoms with Crippen molar-refractivity contribution in [1.82, 2.24) is 34.0 Å². The number of piperidine rings is 1. The minimum absolute atomic E-state index is 0.124. The molecule has 242 valence electrons. The van der Waals surface area contributed by atoms with E-state index in [2.05, 4.69) is 25.4 Å². The topological polar surface area (TPSA) is 127 Å². The normalized spacial score (nSPS) is 20.6. The first-order chi connectivity index (χ1) is 22.1. The highest BCUT2D eigenvalue weighted by Crippen LogP contribution is 2.59. The number of amides is 2. The molecule has 11 nitrogen and oxygen atoms in total. The Hall–Kier alpha value is -5.14. The van der Waals surface area contributed by atoms with Crippen molar-refractivity contribution in [3.63, 3.8) is 0 Å². The molecule has 1 aromatic carbocycles. The molecule has 4 aromatic heterocycles. The number of likely N-dealkylation sites (tertiary alicyclic amines) is 1. The molecule has 14 heteroatoms. The van der Waals surface area contributed by atoms with E-state index in [1.165, 1.54) is 13.8 Å². The van der Waals surface area contributed by atoms with Gasteiger partial charge in [0.15, 0.2) is 22.9 Å². The molecule has 0 spiro atoms. The fraction of sp³-hybridized carbons (Fsp3) is 0.364. The average molecular weight is 645 g/mol. The van der Waals surface area contributed by atoms with Crippen molar-refractivity contribution in [2.45, 2.75) is 72.3 Å². The third-order valence-electron chi connectivity index (χ3n) is 9.33. The molecule has 2 fully saturated rings. The number of Topliss-reactive ketones (excluding diaryl/α,β-unsaturated/α-hetero) is 1. The first kappa shape index (κ1) is 30.5. The minimum Gasteiger partial charge on any atom is -0.337 e. The molecule has 0 radical (unpaired) electrons. The second kappa shape index (κ2) is 10.4. The van der Waals surface area contributed by atoms with Crippen LogP contribution in [0, 0.1) is 26.2 Å². The van der Waals surface area contributed by atoms with Crippen molar-refractivity contribution in [3.05, 3.63) is 71.2 Å². The largest absolute Gasteiger partial charge is 0.434 e. The van der Waals surface area contributed by atoms with E-state index in [0.29, 0.717) is 35.5 Å². The van der Waals surface area contributed by atoms with Gasteiger partial charge in [0, 0.05) is 47.2 Å². The van der Waals surface area contributed by atoms with Crippen LogP contribution in [0.25, 0.3) is 27.7 Å². The average Bonchev–Trinajstić information content (AvgIpc) is 3.26. The number of anilines is 1. The summed E-state index contributed by atoms with van der Waals surface area (Å²) in [7, 11) is 0. The molecule has 2 aliphatic rings. The number of carbonyl (C=O) groups is 3. The number of aryl methyl sites for hydroxylation is 3. The van der Waals surface area contributed by atoms with Crippen LogP contribution in [0.15, 0.2) is 43.0 Å². The first-order valence-electron chi connectivity index (χ1n) is 15.1. The first-order valence-corrected chi connectivity index (χ1v) is 15.1. The number of aromatic nitrogens is 6. The Balaban J connectivity index is 1.19. The van der Waals surface area contributed by atoms with Crippen LogP contribution in [-0.4, -0.2) is 63.7 Å². The van der Waals surface area contributed by atoms with Crippen LogP contribution >= 0.6 is 0 Å². The Morgan fingerprint density at radius 2 is 1.79 bits per heavy atom. The number of nitrogens with zero attached hydrogens (tertiary/aromatic N) is 7. The molecule has 47 heavy (non-hydrogen) atoms. The van der Waals surface area contributed by atoms with Gasteiger partial charge in [0.1, 0.15) is 12.6 Å². The van der Waals surface area contributed by atoms with Crippen LogP contribution in [0.2, 0.25) is 0 Å². The summed E-state index contributed by atoms with van der Waals surface area (Å²) >= 11 is 0. The standard InChI is InChI=1S/C33H31F3N8O3/c1-16-6-20(21-11-38-27-7-17(2)41-43(27)13-21)8-22-23(19(4)45)14-42(29(16)22)15-28(46)44-24(9-32(5)10-26(32)44)31(47)40-30-18(3)37-12-25(39-30)33(34,35)36/h6-8,11-14,24,26H,9-10,15H2,1-5H3,(H,39,40,47)/t24-,26?,32-/m0/s1. The maximum Gasteiger partial charge on any atom is 0.434 e. The van der Waals surface area contributed by atoms with E-state index in [-0.39, 0.29) is 41.2 Å². The Labute approximate surface area is 266 Å². The maximum atomic E-state index is 14.0. The van der Waals surface area contributed by atoms with Gasteiger partial charge in [-0.3, -0.25) is 19.4 Å². The number of alkyl halides is 3. The van der Waals surface area contributed by atoms with E-state index in [0.717, 1.165) is 28.0 Å². The van der Waals surface area contributed by atoms with Crippen molar-refractivity contribution in [1.29, 1.82) is 0 Å². The Bertz CT molecular complexity index is 2150. The summed E-state index contributed by atoms with van der Waals surface area (Å²) in [6, 6.07) is 4.66. The van der Waals surface area contributed by atoms with Gasteiger partial charge in [-0.2, -0.15) is 18.3 Å². The Kier molecular flexibility index (Phi) is 6.78. The van der Waals surface area contributed by atoms with Gasteiger partial charge in [-0.25, -0.2) is 14.5 Å². The summed E-state index contributed by atoms with van der Waals surface area (Å²) in [4.78, 5) is 53.7. The summed E-state index contributed by atoms with van der Waals surface area (Å²) in [6.45, 7) is 8.57. The molecule has 5 aromatic rings. The number of ketones is 1. The zero-order valence-corrected chi connectivity index (χ0v) is 26.3. The highest BCUT2D eigenvalue weighted by atomic mass is 19.4. The lowest BCUT2D eigenvalue weighted by atomic mass is 10.0. The number of hydrogen-bond acceptors (Lipinski definition) is 7. The second-order valence-corrected chi connectivity index (χ2v) is 12.9. The van der Waals surface area contributed by atoms with Gasteiger partial charge < -0.3 is 14.8 Å². The van der Waals surface area contributed by atoms with E-state index in [1.54, 1.807) is 26.4 Å². The smallest absolute Gasteiger partial charge is 0.337 e. The molecule has 7 rings (SSSR count). The second-order valence-electron chi connectivity index (χ2n) is 12.9. The number of benzene rings is 1. The molecule has 0 bridgehead atoms. The Morgan fingerprint density at radius 1 is 1.02 bits per heavy atom. The van der Waals surface area contributed by atoms with E-state index in [4.69, 9.17) is 0 Å². The zero-order chi connectivity index (χ0) is 33.6. The highest BCUT2D eigenvalue weighted by molar-refractivity contribution is 6.09. The summed E-state index contributed by atoms with van der Waals surface area (Å²) in [5.74, 6) is -1.42. The zero-order valence-electron chi connectivity index (χ0n) is 26.3. The quantitative estimate of drug-likeness (QED) is 0.249. The monoisotopic (exact) mass is 644 g/mol. The van der Waals surface area contributed by atoms with Crippen LogP contribution in [0.3, 0.4) is 0 Å². The molecule has 5 heterocycles. The van der Waals surface area contributed by atoms with Gasteiger partial charge in [0.2, 0.25) is 11.8 Å². The molecule has 1 aliphatic heterocycles. The van der Waals surface area contributed by atoms with Crippen LogP contribution in [-0.2, 0) is 22.3 Å². The van der Waals surface area contributed by atoms with Gasteiger partial charge in [-0.1, -0.05) is 6.92 Å². The maximum absolute atomic E-state index is 14.0. The number of carbonyl (C=O) groups excluding carboxylic acids is 3. The summed E-state index contributed by atoms with van der Waals surface area (Å²) in [6.07, 6.45) is 2.26. The van der Waals surface area contributed by atoms with E-state index >= 15 is 0 Å². The molecule has 2 amide bonds. The van der Waals surface area contributed by atoms with Crippen molar-refractivity contribution < 1.29 is 27.6 Å². The van der Waals surface area contributed by atoms with Crippen LogP contribution in [0.4, 0.5) is 19.0 Å². The fourth-order valence-corrected chi connectivity index (χ4v) is 6.86. The van der Waals surface area contributed by atoms with Crippen molar-refractivity contribution in [2.24, 2.45) is 5.41 Å². The number of halogens is 3. The number of rotatable bonds is 6. The van der Waals surface area contributed by atoms with Crippen molar-refractivity contribution in [2.75, 3.05) is 5.32 Å². The summed E-state index contributed by atoms with van der Waals surface area (Å²) < 4.78 is 43.3. The number of nitrogens with one attached hydrogen (secondary N) is 1. The van der Waals surface area contributed by atoms with Crippen LogP contribution in [0.5, 0.6) is 0 Å². The lowest BCUT2D eigenvalue weighted by Crippen LogP contribution is -2.46. The molecule has 1 N–H and O–H groups in total. The predicted molar refractivity (Wildman–Crippen MR) is 166 cm³/mol. The van der Waals surface area contributed by atoms with E-state index < -0.39 is 23.8 Å². The predicted octanol–water partition coefficient (Wildman–Crippen LogP) is 5.31. The molecule has 3 atom stereocenters. The molecular weight excluding hydrogens is 613 g/mol. The number of fused-ring (bicyclic) bond motifs is 3. The van der Waals surface area contributed by atoms with Crippen molar-refractivity contribution >= 4 is 40.0 Å². The molecular formula is C33H31F3N8O3. The van der Waals surface area contributed by atoms with Gasteiger partial charge in [0.05, 0.1) is 23.1 Å². The van der Waals surface area contributed by atoms with Gasteiger partial charge >= 0.3 is 6.18 Å². The van der Waals surface area contributed by atoms with Gasteiger partial charge in [0.25, 0.3) is 0 Å². The third kappa shape index (κ3) is 5.21. The van der Waals surface area contributed by atoms with Gasteiger partial charge in [-0.15, -0.1) is 0 Å². The number of hydrogen-bond donors (Lipinski definition) is 1. The SMILES string of the molecule is CC(=O)c1cn(CC(=O)N2C3C[C@]3(C)C[C@H]2C(=O)Nc2nc(C(F)(F)F)cnc2C)c2c(C)cc(-c3cnc4cc(C)nn4c3)cc12. The van der Waals surface area contributed by atoms with E-state index in [9.17, 15) is 27.6 Å². The molecule has 1 saturated carbocycles. The van der Waals surface area contributed by atoms with Gasteiger partial charge in [-0.05, 0) is 69.2 Å². The van der Waals surface area contributed by atoms with Crippen molar-refractivity contribution in [3.8, 4) is 11.1 Å². The Morgan fingerprint density at radius 3 is 2.51 bits per heavy atom. The lowest BCUT2D eigenvalue weighted by Gasteiger charge is -2.27. The molecule has 1 saturated heterocycles. The highest BCUT2D eigenvalue weighted by Gasteiger charge is 2.64. The third-order valence-corrected chi connectivity index (χ3v) is 9.33. The molecule has 1 unspecified atom stereocenters. The van der Waals surface area contributed by atoms with Crippen LogP contribution < -0.4 is 5.32 Å². The summed E-state index contributed by atoms with van der Waals surface area (Å²) in [5.41, 5.74) is 3.83. The van der Waals surface area contributed by atoms with Crippen LogP contribution in [0.1, 0.15) is 59.7 Å². The summed E-state index contributed by atoms with van der Waals surface area (Å²) in [5, 5.41) is 7.63. The lowest BCUT2D eigenvalue weighted by molar-refractivity contribution is -0.141. The minimum atomic E-state index is -4.73. The van der Waals surface area contributed by atoms with E-state index in [1.807, 2.05) is 45.2 Å².